The first kappa shape index (κ1) is 30.8. The van der Waals surface area contributed by atoms with Crippen LogP contribution in [0.15, 0.2) is 128 Å². The van der Waals surface area contributed by atoms with Crippen LogP contribution in [0.3, 0.4) is 0 Å². The second kappa shape index (κ2) is 15.2. The number of benzene rings is 4. The van der Waals surface area contributed by atoms with Crippen molar-refractivity contribution >= 4 is 33.3 Å². The highest BCUT2D eigenvalue weighted by molar-refractivity contribution is 6.12. The van der Waals surface area contributed by atoms with Crippen LogP contribution < -0.4 is 4.74 Å². The molecule has 0 unspecified atom stereocenters. The molecule has 4 aromatic carbocycles. The fraction of sp³-hybridized carbons (Fsp3) is 0.184. The number of fused-ring (bicyclic) bond motifs is 3. The highest BCUT2D eigenvalue weighted by atomic mass is 16.5. The molecule has 0 spiro atoms. The van der Waals surface area contributed by atoms with Crippen LogP contribution in [0.5, 0.6) is 5.75 Å². The number of ether oxygens (including phenoxy) is 3. The minimum atomic E-state index is -0.265. The summed E-state index contributed by atoms with van der Waals surface area (Å²) in [5, 5.41) is 4.23. The topological polar surface area (TPSA) is 61.8 Å². The first-order valence-corrected chi connectivity index (χ1v) is 14.2. The molecular formula is C38H36O5. The normalized spacial score (nSPS) is 10.8. The van der Waals surface area contributed by atoms with E-state index >= 15 is 0 Å². The summed E-state index contributed by atoms with van der Waals surface area (Å²) in [6.45, 7) is 13.4. The fourth-order valence-electron chi connectivity index (χ4n) is 4.75. The lowest BCUT2D eigenvalue weighted by atomic mass is 9.98. The molecule has 4 aromatic rings. The molecule has 43 heavy (non-hydrogen) atoms. The van der Waals surface area contributed by atoms with Gasteiger partial charge in [0.15, 0.2) is 11.5 Å². The lowest BCUT2D eigenvalue weighted by Gasteiger charge is -2.11. The molecular weight excluding hydrogens is 536 g/mol. The summed E-state index contributed by atoms with van der Waals surface area (Å²) in [6.07, 6.45) is 7.24. The Morgan fingerprint density at radius 3 is 2.28 bits per heavy atom. The van der Waals surface area contributed by atoms with E-state index in [2.05, 4.69) is 49.7 Å². The van der Waals surface area contributed by atoms with Crippen LogP contribution in [0.25, 0.3) is 21.5 Å². The Morgan fingerprint density at radius 2 is 1.58 bits per heavy atom. The van der Waals surface area contributed by atoms with E-state index in [4.69, 9.17) is 14.2 Å². The lowest BCUT2D eigenvalue weighted by molar-refractivity contribution is -0.138. The molecule has 5 heteroatoms. The summed E-state index contributed by atoms with van der Waals surface area (Å²) in [5.41, 5.74) is 6.43. The average molecular weight is 573 g/mol. The summed E-state index contributed by atoms with van der Waals surface area (Å²) >= 11 is 0. The minimum Gasteiger partial charge on any atom is -0.490 e. The molecule has 0 bridgehead atoms. The van der Waals surface area contributed by atoms with Crippen LogP contribution in [0.1, 0.15) is 41.3 Å². The van der Waals surface area contributed by atoms with Gasteiger partial charge in [-0.3, -0.25) is 9.59 Å². The molecule has 5 nitrogen and oxygen atoms in total. The first-order valence-electron chi connectivity index (χ1n) is 14.2. The zero-order chi connectivity index (χ0) is 30.6. The van der Waals surface area contributed by atoms with Crippen molar-refractivity contribution in [3.05, 3.63) is 145 Å². The average Bonchev–Trinajstić information content (AvgIpc) is 3.01. The number of aryl methyl sites for hydroxylation is 1. The van der Waals surface area contributed by atoms with Crippen molar-refractivity contribution < 1.29 is 23.8 Å². The number of carbonyl (C=O) groups is 2. The predicted octanol–water partition coefficient (Wildman–Crippen LogP) is 8.62. The summed E-state index contributed by atoms with van der Waals surface area (Å²) in [4.78, 5) is 24.3. The Labute approximate surface area is 253 Å². The summed E-state index contributed by atoms with van der Waals surface area (Å²) in [6, 6.07) is 24.1. The van der Waals surface area contributed by atoms with Crippen molar-refractivity contribution in [2.45, 2.75) is 32.6 Å². The fourth-order valence-corrected chi connectivity index (χ4v) is 4.75. The number of esters is 1. The van der Waals surface area contributed by atoms with E-state index in [1.54, 1.807) is 6.08 Å². The molecule has 0 fully saturated rings. The van der Waals surface area contributed by atoms with Crippen molar-refractivity contribution in [3.8, 4) is 5.75 Å². The molecule has 0 aromatic heterocycles. The number of hydrogen-bond donors (Lipinski definition) is 0. The van der Waals surface area contributed by atoms with E-state index in [1.165, 1.54) is 0 Å². The van der Waals surface area contributed by atoms with Gasteiger partial charge in [0, 0.05) is 12.0 Å². The van der Waals surface area contributed by atoms with Gasteiger partial charge in [0.05, 0.1) is 6.26 Å². The first-order chi connectivity index (χ1) is 20.9. The van der Waals surface area contributed by atoms with Gasteiger partial charge in [-0.1, -0.05) is 86.1 Å². The van der Waals surface area contributed by atoms with Crippen LogP contribution in [0, 0.1) is 0 Å². The number of ketones is 1. The molecule has 4 rings (SSSR count). The monoisotopic (exact) mass is 572 g/mol. The Bertz CT molecular complexity index is 1720. The van der Waals surface area contributed by atoms with Gasteiger partial charge in [-0.05, 0) is 88.7 Å². The lowest BCUT2D eigenvalue weighted by Crippen LogP contribution is -2.06. The predicted molar refractivity (Wildman–Crippen MR) is 173 cm³/mol. The largest absolute Gasteiger partial charge is 0.490 e. The van der Waals surface area contributed by atoms with Gasteiger partial charge in [0.1, 0.15) is 19.0 Å². The van der Waals surface area contributed by atoms with Crippen molar-refractivity contribution in [2.75, 3.05) is 13.2 Å². The molecule has 0 radical (unpaired) electrons. The number of allylic oxidation sites excluding steroid dienone is 3. The second-order valence-electron chi connectivity index (χ2n) is 10.2. The number of rotatable bonds is 15. The molecule has 0 aliphatic carbocycles. The van der Waals surface area contributed by atoms with Gasteiger partial charge >= 0.3 is 5.97 Å². The van der Waals surface area contributed by atoms with Crippen LogP contribution in [-0.2, 0) is 27.1 Å². The summed E-state index contributed by atoms with van der Waals surface area (Å²) in [5.74, 6) is 1.01. The Hall–Kier alpha value is -5.12. The van der Waals surface area contributed by atoms with Crippen LogP contribution >= 0.6 is 0 Å². The number of carbonyl (C=O) groups excluding carboxylic acids is 2. The second-order valence-corrected chi connectivity index (χ2v) is 10.2. The van der Waals surface area contributed by atoms with Crippen molar-refractivity contribution in [1.82, 2.24) is 0 Å². The van der Waals surface area contributed by atoms with Crippen molar-refractivity contribution in [2.24, 2.45) is 0 Å². The van der Waals surface area contributed by atoms with E-state index in [1.807, 2.05) is 61.5 Å². The maximum absolute atomic E-state index is 12.9. The summed E-state index contributed by atoms with van der Waals surface area (Å²) in [7, 11) is 0. The quantitative estimate of drug-likeness (QED) is 0.0209. The molecule has 0 saturated heterocycles. The zero-order valence-corrected chi connectivity index (χ0v) is 24.6. The van der Waals surface area contributed by atoms with Gasteiger partial charge in [-0.15, -0.1) is 0 Å². The maximum Gasteiger partial charge on any atom is 0.310 e. The van der Waals surface area contributed by atoms with Gasteiger partial charge in [-0.25, -0.2) is 0 Å². The highest BCUT2D eigenvalue weighted by Crippen LogP contribution is 2.29. The van der Waals surface area contributed by atoms with E-state index in [-0.39, 0.29) is 11.8 Å². The third kappa shape index (κ3) is 8.68. The smallest absolute Gasteiger partial charge is 0.310 e. The molecule has 218 valence electrons. The molecule has 0 atom stereocenters. The molecule has 0 aliphatic heterocycles. The molecule has 0 saturated carbocycles. The molecule has 0 heterocycles. The van der Waals surface area contributed by atoms with E-state index in [0.717, 1.165) is 63.1 Å². The Balaban J connectivity index is 1.33. The van der Waals surface area contributed by atoms with E-state index in [9.17, 15) is 9.59 Å². The van der Waals surface area contributed by atoms with Gasteiger partial charge < -0.3 is 14.2 Å². The summed E-state index contributed by atoms with van der Waals surface area (Å²) < 4.78 is 16.2. The number of hydrogen-bond acceptors (Lipinski definition) is 5. The minimum absolute atomic E-state index is 0.0305. The van der Waals surface area contributed by atoms with Gasteiger partial charge in [0.2, 0.25) is 0 Å². The van der Waals surface area contributed by atoms with E-state index < -0.39 is 0 Å². The molecule has 0 N–H and O–H groups in total. The van der Waals surface area contributed by atoms with Crippen LogP contribution in [0.2, 0.25) is 0 Å². The molecule has 0 aliphatic rings. The third-order valence-corrected chi connectivity index (χ3v) is 6.95. The highest BCUT2D eigenvalue weighted by Gasteiger charge is 2.08. The van der Waals surface area contributed by atoms with Gasteiger partial charge in [0.25, 0.3) is 0 Å². The van der Waals surface area contributed by atoms with Gasteiger partial charge in [-0.2, -0.15) is 0 Å². The van der Waals surface area contributed by atoms with Crippen molar-refractivity contribution in [3.63, 3.8) is 0 Å². The van der Waals surface area contributed by atoms with Crippen LogP contribution in [0.4, 0.5) is 0 Å². The SMILES string of the molecule is C=C=C(OCCOc1ccc2c(ccc3cc(C(=O)/C=C/Cc4ccc(CCCC(=O)OC=C)cc4)ccc32)c1)C(=C)C. The van der Waals surface area contributed by atoms with Crippen molar-refractivity contribution in [1.29, 1.82) is 0 Å². The Morgan fingerprint density at radius 1 is 0.884 bits per heavy atom. The standard InChI is InChI=1S/C38H36O5/c1-5-37(27(3)4)43-24-23-42-33-20-22-35-31(26-33)18-17-30-25-32(19-21-34(30)35)36(39)11-7-9-28-13-15-29(16-14-28)10-8-12-38(40)41-6-2/h6-7,11,13-22,25-26H,1-3,8-10,12,23-24H2,4H3/b11-7+. The zero-order valence-electron chi connectivity index (χ0n) is 24.6. The maximum atomic E-state index is 12.9. The third-order valence-electron chi connectivity index (χ3n) is 6.95. The molecule has 0 amide bonds. The van der Waals surface area contributed by atoms with Crippen LogP contribution in [-0.4, -0.2) is 25.0 Å². The van der Waals surface area contributed by atoms with E-state index in [0.29, 0.717) is 37.4 Å². The Kier molecular flexibility index (Phi) is 10.9.